The summed E-state index contributed by atoms with van der Waals surface area (Å²) in [4.78, 5) is 12.1. The third-order valence-electron chi connectivity index (χ3n) is 4.71. The van der Waals surface area contributed by atoms with Crippen LogP contribution in [0.5, 0.6) is 11.5 Å². The molecule has 0 radical (unpaired) electrons. The normalized spacial score (nSPS) is 10.8. The molecule has 142 valence electrons. The van der Waals surface area contributed by atoms with Gasteiger partial charge in [0.1, 0.15) is 23.0 Å². The number of ether oxygens (including phenoxy) is 2. The summed E-state index contributed by atoms with van der Waals surface area (Å²) in [6, 6.07) is 13.9. The summed E-state index contributed by atoms with van der Waals surface area (Å²) >= 11 is 0. The number of benzene rings is 1. The van der Waals surface area contributed by atoms with E-state index >= 15 is 0 Å². The van der Waals surface area contributed by atoms with Gasteiger partial charge in [0, 0.05) is 48.6 Å². The summed E-state index contributed by atoms with van der Waals surface area (Å²) in [7, 11) is 3.30. The second-order valence-corrected chi connectivity index (χ2v) is 6.47. The molecular formula is C22H22N4O2. The van der Waals surface area contributed by atoms with E-state index in [2.05, 4.69) is 32.4 Å². The molecule has 2 N–H and O–H groups in total. The molecular weight excluding hydrogens is 352 g/mol. The smallest absolute Gasteiger partial charge is 0.137 e. The predicted molar refractivity (Wildman–Crippen MR) is 110 cm³/mol. The molecule has 0 spiro atoms. The molecule has 6 nitrogen and oxygen atoms in total. The number of aromatic amines is 1. The van der Waals surface area contributed by atoms with E-state index in [1.54, 1.807) is 20.4 Å². The lowest BCUT2D eigenvalue weighted by Gasteiger charge is -2.12. The van der Waals surface area contributed by atoms with Crippen molar-refractivity contribution in [1.29, 1.82) is 0 Å². The van der Waals surface area contributed by atoms with Crippen molar-refractivity contribution in [3.05, 3.63) is 77.7 Å². The van der Waals surface area contributed by atoms with Gasteiger partial charge in [-0.2, -0.15) is 0 Å². The van der Waals surface area contributed by atoms with Crippen molar-refractivity contribution < 1.29 is 9.47 Å². The van der Waals surface area contributed by atoms with Crippen LogP contribution in [0.15, 0.2) is 61.1 Å². The van der Waals surface area contributed by atoms with Gasteiger partial charge in [0.05, 0.1) is 14.2 Å². The van der Waals surface area contributed by atoms with Crippen molar-refractivity contribution in [3.63, 3.8) is 0 Å². The molecule has 4 aromatic rings. The topological polar surface area (TPSA) is 72.1 Å². The van der Waals surface area contributed by atoms with Gasteiger partial charge in [0.25, 0.3) is 0 Å². The lowest BCUT2D eigenvalue weighted by atomic mass is 10.1. The minimum absolute atomic E-state index is 0.619. The number of rotatable bonds is 7. The number of nitrogens with one attached hydrogen (secondary N) is 2. The van der Waals surface area contributed by atoms with E-state index in [9.17, 15) is 0 Å². The SMILES string of the molecule is COc1ccc(CNc2ccc(Cc3c[nH]c4ncccc34)cn2)c(OC)c1. The third kappa shape index (κ3) is 3.76. The average Bonchev–Trinajstić information content (AvgIpc) is 3.16. The standard InChI is InChI=1S/C22H22N4O2/c1-27-18-7-6-16(20(11-18)28-2)13-25-21-8-5-15(12-24-21)10-17-14-26-22-19(17)4-3-9-23-22/h3-9,11-12,14H,10,13H2,1-2H3,(H,23,26)(H,24,25). The molecule has 0 atom stereocenters. The van der Waals surface area contributed by atoms with Gasteiger partial charge >= 0.3 is 0 Å². The van der Waals surface area contributed by atoms with Crippen LogP contribution < -0.4 is 14.8 Å². The Morgan fingerprint density at radius 3 is 2.71 bits per heavy atom. The first-order chi connectivity index (χ1) is 13.8. The van der Waals surface area contributed by atoms with E-state index in [4.69, 9.17) is 9.47 Å². The van der Waals surface area contributed by atoms with Crippen LogP contribution in [0.4, 0.5) is 5.82 Å². The van der Waals surface area contributed by atoms with Crippen molar-refractivity contribution in [2.24, 2.45) is 0 Å². The molecule has 6 heteroatoms. The highest BCUT2D eigenvalue weighted by atomic mass is 16.5. The predicted octanol–water partition coefficient (Wildman–Crippen LogP) is 4.18. The van der Waals surface area contributed by atoms with Gasteiger partial charge in [-0.1, -0.05) is 6.07 Å². The van der Waals surface area contributed by atoms with Gasteiger partial charge in [-0.25, -0.2) is 9.97 Å². The highest BCUT2D eigenvalue weighted by molar-refractivity contribution is 5.79. The fourth-order valence-electron chi connectivity index (χ4n) is 3.20. The largest absolute Gasteiger partial charge is 0.497 e. The van der Waals surface area contributed by atoms with Gasteiger partial charge in [-0.05, 0) is 41.5 Å². The summed E-state index contributed by atoms with van der Waals surface area (Å²) < 4.78 is 10.7. The number of pyridine rings is 2. The van der Waals surface area contributed by atoms with Crippen molar-refractivity contribution in [1.82, 2.24) is 15.0 Å². The zero-order chi connectivity index (χ0) is 19.3. The maximum Gasteiger partial charge on any atom is 0.137 e. The molecule has 0 aliphatic carbocycles. The number of methoxy groups -OCH3 is 2. The van der Waals surface area contributed by atoms with Crippen LogP contribution in [-0.2, 0) is 13.0 Å². The number of hydrogen-bond acceptors (Lipinski definition) is 5. The number of anilines is 1. The van der Waals surface area contributed by atoms with E-state index in [1.165, 1.54) is 5.56 Å². The lowest BCUT2D eigenvalue weighted by molar-refractivity contribution is 0.391. The molecule has 0 amide bonds. The van der Waals surface area contributed by atoms with E-state index in [0.29, 0.717) is 6.54 Å². The van der Waals surface area contributed by atoms with Crippen LogP contribution in [-0.4, -0.2) is 29.2 Å². The second kappa shape index (κ2) is 8.00. The van der Waals surface area contributed by atoms with Crippen LogP contribution in [0.3, 0.4) is 0 Å². The molecule has 0 fully saturated rings. The first-order valence-electron chi connectivity index (χ1n) is 9.07. The van der Waals surface area contributed by atoms with Crippen LogP contribution in [0.2, 0.25) is 0 Å². The van der Waals surface area contributed by atoms with Gasteiger partial charge in [0.15, 0.2) is 0 Å². The van der Waals surface area contributed by atoms with Crippen LogP contribution >= 0.6 is 0 Å². The Bertz CT molecular complexity index is 1070. The van der Waals surface area contributed by atoms with Crippen molar-refractivity contribution in [2.45, 2.75) is 13.0 Å². The van der Waals surface area contributed by atoms with E-state index in [-0.39, 0.29) is 0 Å². The molecule has 0 unspecified atom stereocenters. The summed E-state index contributed by atoms with van der Waals surface area (Å²) in [5.74, 6) is 2.38. The summed E-state index contributed by atoms with van der Waals surface area (Å²) in [6.45, 7) is 0.619. The van der Waals surface area contributed by atoms with E-state index < -0.39 is 0 Å². The zero-order valence-corrected chi connectivity index (χ0v) is 15.9. The molecule has 0 bridgehead atoms. The van der Waals surface area contributed by atoms with Crippen LogP contribution in [0.25, 0.3) is 11.0 Å². The Morgan fingerprint density at radius 1 is 1.00 bits per heavy atom. The summed E-state index contributed by atoms with van der Waals surface area (Å²) in [5, 5.41) is 4.49. The van der Waals surface area contributed by atoms with Crippen LogP contribution in [0, 0.1) is 0 Å². The monoisotopic (exact) mass is 374 g/mol. The highest BCUT2D eigenvalue weighted by Crippen LogP contribution is 2.25. The molecule has 1 aromatic carbocycles. The maximum absolute atomic E-state index is 5.44. The van der Waals surface area contributed by atoms with Crippen molar-refractivity contribution in [3.8, 4) is 11.5 Å². The first-order valence-corrected chi connectivity index (χ1v) is 9.07. The molecule has 0 saturated carbocycles. The van der Waals surface area contributed by atoms with E-state index in [0.717, 1.165) is 45.9 Å². The quantitative estimate of drug-likeness (QED) is 0.508. The molecule has 28 heavy (non-hydrogen) atoms. The average molecular weight is 374 g/mol. The third-order valence-corrected chi connectivity index (χ3v) is 4.71. The highest BCUT2D eigenvalue weighted by Gasteiger charge is 2.07. The molecule has 3 heterocycles. The fraction of sp³-hybridized carbons (Fsp3) is 0.182. The van der Waals surface area contributed by atoms with Crippen molar-refractivity contribution >= 4 is 16.9 Å². The number of hydrogen-bond donors (Lipinski definition) is 2. The Labute approximate surface area is 163 Å². The minimum atomic E-state index is 0.619. The fourth-order valence-corrected chi connectivity index (χ4v) is 3.20. The number of aromatic nitrogens is 3. The molecule has 0 saturated heterocycles. The minimum Gasteiger partial charge on any atom is -0.497 e. The Kier molecular flexibility index (Phi) is 5.10. The molecule has 0 aliphatic rings. The van der Waals surface area contributed by atoms with Gasteiger partial charge in [-0.15, -0.1) is 0 Å². The lowest BCUT2D eigenvalue weighted by Crippen LogP contribution is -2.03. The van der Waals surface area contributed by atoms with Crippen molar-refractivity contribution in [2.75, 3.05) is 19.5 Å². The number of nitrogens with zero attached hydrogens (tertiary/aromatic N) is 2. The van der Waals surface area contributed by atoms with Gasteiger partial charge in [-0.3, -0.25) is 0 Å². The summed E-state index contributed by atoms with van der Waals surface area (Å²) in [5.41, 5.74) is 4.32. The van der Waals surface area contributed by atoms with Crippen LogP contribution in [0.1, 0.15) is 16.7 Å². The number of fused-ring (bicyclic) bond motifs is 1. The molecule has 0 aliphatic heterocycles. The zero-order valence-electron chi connectivity index (χ0n) is 15.9. The van der Waals surface area contributed by atoms with Gasteiger partial charge in [0.2, 0.25) is 0 Å². The number of H-pyrrole nitrogens is 1. The molecule has 4 rings (SSSR count). The Morgan fingerprint density at radius 2 is 1.93 bits per heavy atom. The Balaban J connectivity index is 1.42. The summed E-state index contributed by atoms with van der Waals surface area (Å²) in [6.07, 6.45) is 6.52. The van der Waals surface area contributed by atoms with E-state index in [1.807, 2.05) is 42.7 Å². The second-order valence-electron chi connectivity index (χ2n) is 6.47. The first kappa shape index (κ1) is 17.9. The maximum atomic E-state index is 5.44. The van der Waals surface area contributed by atoms with Gasteiger partial charge < -0.3 is 19.8 Å². The molecule has 3 aromatic heterocycles. The Hall–Kier alpha value is -3.54.